The van der Waals surface area contributed by atoms with Crippen LogP contribution in [0.2, 0.25) is 0 Å². The zero-order chi connectivity index (χ0) is 19.1. The highest BCUT2D eigenvalue weighted by Crippen LogP contribution is 2.20. The van der Waals surface area contributed by atoms with Crippen molar-refractivity contribution in [1.29, 1.82) is 0 Å². The van der Waals surface area contributed by atoms with E-state index in [0.717, 1.165) is 44.8 Å². The lowest BCUT2D eigenvalue weighted by molar-refractivity contribution is 0.238. The number of piperazine rings is 1. The quantitative estimate of drug-likeness (QED) is 0.730. The summed E-state index contributed by atoms with van der Waals surface area (Å²) in [5.74, 6) is -0.366. The van der Waals surface area contributed by atoms with Crippen LogP contribution in [0.25, 0.3) is 0 Å². The van der Waals surface area contributed by atoms with E-state index in [9.17, 15) is 9.18 Å². The summed E-state index contributed by atoms with van der Waals surface area (Å²) in [6.07, 6.45) is 3.11. The summed E-state index contributed by atoms with van der Waals surface area (Å²) in [4.78, 5) is 18.6. The van der Waals surface area contributed by atoms with Gasteiger partial charge in [0.15, 0.2) is 0 Å². The number of aromatic nitrogens is 1. The number of pyridine rings is 1. The number of nitrogens with zero attached hydrogens (tertiary/aromatic N) is 2. The van der Waals surface area contributed by atoms with E-state index < -0.39 is 6.03 Å². The average Bonchev–Trinajstić information content (AvgIpc) is 2.67. The molecule has 2 amide bonds. The Morgan fingerprint density at radius 2 is 2.04 bits per heavy atom. The van der Waals surface area contributed by atoms with Crippen LogP contribution in [-0.4, -0.2) is 48.6 Å². The minimum Gasteiger partial charge on any atom is -0.314 e. The Balaban J connectivity index is 1.53. The lowest BCUT2D eigenvalue weighted by atomic mass is 10.1. The minimum absolute atomic E-state index is 0.187. The van der Waals surface area contributed by atoms with Crippen LogP contribution in [0.4, 0.5) is 20.6 Å². The van der Waals surface area contributed by atoms with Crippen LogP contribution < -0.4 is 16.0 Å². The predicted octanol–water partition coefficient (Wildman–Crippen LogP) is 3.01. The third-order valence-electron chi connectivity index (χ3n) is 4.63. The van der Waals surface area contributed by atoms with Gasteiger partial charge in [0.1, 0.15) is 5.82 Å². The summed E-state index contributed by atoms with van der Waals surface area (Å²) in [5.41, 5.74) is 2.23. The van der Waals surface area contributed by atoms with Crippen molar-refractivity contribution in [2.45, 2.75) is 19.8 Å². The molecule has 2 heterocycles. The van der Waals surface area contributed by atoms with Crippen LogP contribution in [0, 0.1) is 12.7 Å². The second kappa shape index (κ2) is 9.43. The summed E-state index contributed by atoms with van der Waals surface area (Å²) < 4.78 is 14.7. The molecule has 0 bridgehead atoms. The van der Waals surface area contributed by atoms with Crippen LogP contribution in [0.3, 0.4) is 0 Å². The number of nitrogens with one attached hydrogen (secondary N) is 3. The van der Waals surface area contributed by atoms with E-state index in [2.05, 4.69) is 25.8 Å². The molecular formula is C20H26FN5O. The topological polar surface area (TPSA) is 69.3 Å². The molecule has 0 saturated carbocycles. The van der Waals surface area contributed by atoms with Gasteiger partial charge in [0.05, 0.1) is 17.6 Å². The Bertz CT molecular complexity index is 759. The number of aryl methyl sites for hydroxylation is 2. The van der Waals surface area contributed by atoms with Crippen LogP contribution in [0.15, 0.2) is 36.5 Å². The van der Waals surface area contributed by atoms with Gasteiger partial charge < -0.3 is 20.9 Å². The molecule has 0 unspecified atom stereocenters. The molecule has 1 saturated heterocycles. The van der Waals surface area contributed by atoms with Gasteiger partial charge in [0, 0.05) is 31.9 Å². The van der Waals surface area contributed by atoms with E-state index >= 15 is 0 Å². The number of rotatable bonds is 6. The molecule has 144 valence electrons. The number of urea groups is 1. The monoisotopic (exact) mass is 371 g/mol. The lowest BCUT2D eigenvalue weighted by Crippen LogP contribution is -2.43. The molecular weight excluding hydrogens is 345 g/mol. The normalized spacial score (nSPS) is 14.7. The van der Waals surface area contributed by atoms with E-state index in [0.29, 0.717) is 17.7 Å². The summed E-state index contributed by atoms with van der Waals surface area (Å²) in [6, 6.07) is 8.19. The molecule has 6 nitrogen and oxygen atoms in total. The molecule has 0 radical (unpaired) electrons. The summed E-state index contributed by atoms with van der Waals surface area (Å²) >= 11 is 0. The summed E-state index contributed by atoms with van der Waals surface area (Å²) in [6.45, 7) is 6.93. The smallest absolute Gasteiger partial charge is 0.314 e. The highest BCUT2D eigenvalue weighted by molar-refractivity contribution is 5.99. The van der Waals surface area contributed by atoms with Gasteiger partial charge in [0.25, 0.3) is 0 Å². The molecule has 1 aromatic heterocycles. The van der Waals surface area contributed by atoms with Crippen molar-refractivity contribution in [3.05, 3.63) is 53.6 Å². The van der Waals surface area contributed by atoms with E-state index in [-0.39, 0.29) is 11.5 Å². The van der Waals surface area contributed by atoms with Gasteiger partial charge in [0.2, 0.25) is 0 Å². The van der Waals surface area contributed by atoms with E-state index in [4.69, 9.17) is 0 Å². The Morgan fingerprint density at radius 1 is 1.22 bits per heavy atom. The first kappa shape index (κ1) is 19.3. The number of amides is 2. The highest BCUT2D eigenvalue weighted by Gasteiger charge is 2.13. The van der Waals surface area contributed by atoms with Gasteiger partial charge >= 0.3 is 6.03 Å². The third kappa shape index (κ3) is 5.74. The SMILES string of the molecule is Cc1ccc(NC(=O)Nc2cccc(CCCN3CCNCC3)c2F)cn1. The molecule has 1 fully saturated rings. The van der Waals surface area contributed by atoms with Crippen molar-refractivity contribution in [3.8, 4) is 0 Å². The molecule has 0 spiro atoms. The lowest BCUT2D eigenvalue weighted by Gasteiger charge is -2.27. The zero-order valence-corrected chi connectivity index (χ0v) is 15.6. The number of carbonyl (C=O) groups excluding carboxylic acids is 1. The van der Waals surface area contributed by atoms with Crippen LogP contribution >= 0.6 is 0 Å². The maximum absolute atomic E-state index is 14.7. The van der Waals surface area contributed by atoms with Gasteiger partial charge in [-0.3, -0.25) is 4.98 Å². The van der Waals surface area contributed by atoms with Crippen LogP contribution in [0.5, 0.6) is 0 Å². The summed E-state index contributed by atoms with van der Waals surface area (Å²) in [7, 11) is 0. The van der Waals surface area contributed by atoms with Crippen molar-refractivity contribution in [3.63, 3.8) is 0 Å². The maximum atomic E-state index is 14.7. The van der Waals surface area contributed by atoms with Gasteiger partial charge in [-0.05, 0) is 50.1 Å². The fourth-order valence-corrected chi connectivity index (χ4v) is 3.12. The molecule has 1 aromatic carbocycles. The molecule has 0 atom stereocenters. The standard InChI is InChI=1S/C20H26FN5O/c1-15-7-8-17(14-23-15)24-20(27)25-18-6-2-4-16(19(18)21)5-3-11-26-12-9-22-10-13-26/h2,4,6-8,14,22H,3,5,9-13H2,1H3,(H2,24,25,27). The molecule has 1 aliphatic rings. The van der Waals surface area contributed by atoms with E-state index in [1.54, 1.807) is 36.5 Å². The molecule has 3 rings (SSSR count). The van der Waals surface area contributed by atoms with Crippen molar-refractivity contribution in [2.24, 2.45) is 0 Å². The van der Waals surface area contributed by atoms with Gasteiger partial charge in [-0.1, -0.05) is 12.1 Å². The van der Waals surface area contributed by atoms with Crippen LogP contribution in [-0.2, 0) is 6.42 Å². The predicted molar refractivity (Wildman–Crippen MR) is 106 cm³/mol. The van der Waals surface area contributed by atoms with Crippen molar-refractivity contribution >= 4 is 17.4 Å². The van der Waals surface area contributed by atoms with Crippen molar-refractivity contribution < 1.29 is 9.18 Å². The van der Waals surface area contributed by atoms with Crippen molar-refractivity contribution in [1.82, 2.24) is 15.2 Å². The molecule has 27 heavy (non-hydrogen) atoms. The average molecular weight is 371 g/mol. The van der Waals surface area contributed by atoms with Gasteiger partial charge in [-0.15, -0.1) is 0 Å². The van der Waals surface area contributed by atoms with E-state index in [1.807, 2.05) is 6.92 Å². The highest BCUT2D eigenvalue weighted by atomic mass is 19.1. The number of halogens is 1. The first-order valence-electron chi connectivity index (χ1n) is 9.33. The molecule has 3 N–H and O–H groups in total. The Morgan fingerprint density at radius 3 is 2.78 bits per heavy atom. The first-order chi connectivity index (χ1) is 13.1. The summed E-state index contributed by atoms with van der Waals surface area (Å²) in [5, 5.41) is 8.57. The fraction of sp³-hybridized carbons (Fsp3) is 0.400. The maximum Gasteiger partial charge on any atom is 0.323 e. The van der Waals surface area contributed by atoms with Crippen LogP contribution in [0.1, 0.15) is 17.7 Å². The number of carbonyl (C=O) groups is 1. The van der Waals surface area contributed by atoms with E-state index in [1.165, 1.54) is 0 Å². The number of hydrogen-bond donors (Lipinski definition) is 3. The largest absolute Gasteiger partial charge is 0.323 e. The number of hydrogen-bond acceptors (Lipinski definition) is 4. The number of benzene rings is 1. The molecule has 0 aliphatic carbocycles. The second-order valence-corrected chi connectivity index (χ2v) is 6.74. The molecule has 2 aromatic rings. The zero-order valence-electron chi connectivity index (χ0n) is 15.6. The number of anilines is 2. The third-order valence-corrected chi connectivity index (χ3v) is 4.63. The van der Waals surface area contributed by atoms with Gasteiger partial charge in [-0.2, -0.15) is 0 Å². The Kier molecular flexibility index (Phi) is 6.73. The molecule has 1 aliphatic heterocycles. The molecule has 7 heteroatoms. The van der Waals surface area contributed by atoms with Gasteiger partial charge in [-0.25, -0.2) is 9.18 Å². The first-order valence-corrected chi connectivity index (χ1v) is 9.33. The van der Waals surface area contributed by atoms with Crippen molar-refractivity contribution in [2.75, 3.05) is 43.4 Å². The minimum atomic E-state index is -0.488. The Hall–Kier alpha value is -2.51. The second-order valence-electron chi connectivity index (χ2n) is 6.74. The fourth-order valence-electron chi connectivity index (χ4n) is 3.12. The Labute approximate surface area is 159 Å².